The Kier molecular flexibility index (Phi) is 2.77. The summed E-state index contributed by atoms with van der Waals surface area (Å²) in [6.45, 7) is 0. The van der Waals surface area contributed by atoms with Gasteiger partial charge in [-0.05, 0) is 17.6 Å². The zero-order valence-electron chi connectivity index (χ0n) is 8.43. The van der Waals surface area contributed by atoms with Crippen LogP contribution in [0, 0.1) is 5.92 Å². The summed E-state index contributed by atoms with van der Waals surface area (Å²) in [7, 11) is 1.71. The number of aliphatic hydroxyl groups excluding tert-OH is 1. The van der Waals surface area contributed by atoms with Crippen LogP contribution in [-0.4, -0.2) is 25.3 Å². The second-order valence-electron chi connectivity index (χ2n) is 4.04. The fraction of sp³-hybridized carbons (Fsp3) is 0.889. The van der Waals surface area contributed by atoms with E-state index in [0.717, 1.165) is 6.42 Å². The number of nitrogens with zero attached hydrogens (tertiary/aromatic N) is 4. The van der Waals surface area contributed by atoms with E-state index in [1.54, 1.807) is 7.05 Å². The molecule has 0 aliphatic heterocycles. The summed E-state index contributed by atoms with van der Waals surface area (Å²) in [5.74, 6) is 1.10. The van der Waals surface area contributed by atoms with Crippen molar-refractivity contribution >= 4 is 0 Å². The zero-order chi connectivity index (χ0) is 9.97. The third-order valence-electron chi connectivity index (χ3n) is 2.85. The summed E-state index contributed by atoms with van der Waals surface area (Å²) in [5, 5.41) is 21.3. The van der Waals surface area contributed by atoms with Crippen LogP contribution in [0.5, 0.6) is 0 Å². The van der Waals surface area contributed by atoms with Gasteiger partial charge in [0.1, 0.15) is 6.10 Å². The first-order valence-electron chi connectivity index (χ1n) is 5.17. The Morgan fingerprint density at radius 2 is 2.21 bits per heavy atom. The molecule has 0 aromatic carbocycles. The topological polar surface area (TPSA) is 63.8 Å². The van der Waals surface area contributed by atoms with Gasteiger partial charge in [0.25, 0.3) is 0 Å². The Morgan fingerprint density at radius 3 is 2.79 bits per heavy atom. The van der Waals surface area contributed by atoms with Crippen LogP contribution >= 0.6 is 0 Å². The maximum absolute atomic E-state index is 9.82. The highest BCUT2D eigenvalue weighted by Gasteiger charge is 2.22. The minimum atomic E-state index is -0.535. The Labute approximate surface area is 83.1 Å². The lowest BCUT2D eigenvalue weighted by molar-refractivity contribution is 0.135. The Morgan fingerprint density at radius 1 is 1.50 bits per heavy atom. The fourth-order valence-corrected chi connectivity index (χ4v) is 2.10. The Bertz CT molecular complexity index is 293. The van der Waals surface area contributed by atoms with E-state index in [-0.39, 0.29) is 0 Å². The van der Waals surface area contributed by atoms with E-state index in [4.69, 9.17) is 0 Å². The highest BCUT2D eigenvalue weighted by Crippen LogP contribution is 2.31. The van der Waals surface area contributed by atoms with E-state index >= 15 is 0 Å². The molecule has 1 N–H and O–H groups in total. The molecule has 1 heterocycles. The van der Waals surface area contributed by atoms with Crippen LogP contribution in [0.15, 0.2) is 0 Å². The van der Waals surface area contributed by atoms with Gasteiger partial charge in [0.15, 0.2) is 0 Å². The number of hydrogen-bond acceptors (Lipinski definition) is 4. The summed E-state index contributed by atoms with van der Waals surface area (Å²) in [6.07, 6.45) is 5.31. The van der Waals surface area contributed by atoms with Crippen LogP contribution in [0.2, 0.25) is 0 Å². The van der Waals surface area contributed by atoms with Gasteiger partial charge in [-0.2, -0.15) is 4.80 Å². The minimum Gasteiger partial charge on any atom is -0.385 e. The molecule has 1 aliphatic carbocycles. The van der Waals surface area contributed by atoms with E-state index in [0.29, 0.717) is 11.7 Å². The first-order valence-corrected chi connectivity index (χ1v) is 5.17. The molecule has 0 radical (unpaired) electrons. The van der Waals surface area contributed by atoms with E-state index in [2.05, 4.69) is 15.4 Å². The molecule has 1 saturated carbocycles. The molecule has 1 aliphatic rings. The summed E-state index contributed by atoms with van der Waals surface area (Å²) >= 11 is 0. The second kappa shape index (κ2) is 4.04. The molecule has 14 heavy (non-hydrogen) atoms. The molecule has 0 saturated heterocycles. The van der Waals surface area contributed by atoms with Crippen molar-refractivity contribution in [2.75, 3.05) is 0 Å². The molecule has 78 valence electrons. The molecule has 0 spiro atoms. The third-order valence-corrected chi connectivity index (χ3v) is 2.85. The first kappa shape index (κ1) is 9.58. The van der Waals surface area contributed by atoms with E-state index in [1.165, 1.54) is 30.5 Å². The first-order chi connectivity index (χ1) is 6.75. The molecule has 1 fully saturated rings. The quantitative estimate of drug-likeness (QED) is 0.777. The van der Waals surface area contributed by atoms with Crippen molar-refractivity contribution in [3.05, 3.63) is 5.82 Å². The second-order valence-corrected chi connectivity index (χ2v) is 4.04. The highest BCUT2D eigenvalue weighted by atomic mass is 16.3. The number of tetrazole rings is 1. The highest BCUT2D eigenvalue weighted by molar-refractivity contribution is 4.86. The van der Waals surface area contributed by atoms with Crippen molar-refractivity contribution in [3.63, 3.8) is 0 Å². The number of aryl methyl sites for hydroxylation is 1. The predicted octanol–water partition coefficient (Wildman–Crippen LogP) is 0.824. The van der Waals surface area contributed by atoms with Gasteiger partial charge < -0.3 is 5.11 Å². The van der Waals surface area contributed by atoms with E-state index in [9.17, 15) is 5.11 Å². The maximum atomic E-state index is 9.82. The molecule has 0 amide bonds. The predicted molar refractivity (Wildman–Crippen MR) is 50.3 cm³/mol. The molecule has 5 nitrogen and oxygen atoms in total. The number of hydrogen-bond donors (Lipinski definition) is 1. The van der Waals surface area contributed by atoms with Gasteiger partial charge in [-0.25, -0.2) is 0 Å². The van der Waals surface area contributed by atoms with Crippen LogP contribution in [-0.2, 0) is 7.05 Å². The van der Waals surface area contributed by atoms with Crippen molar-refractivity contribution in [1.29, 1.82) is 0 Å². The van der Waals surface area contributed by atoms with Gasteiger partial charge in [-0.15, -0.1) is 10.2 Å². The average molecular weight is 196 g/mol. The molecule has 0 bridgehead atoms. The van der Waals surface area contributed by atoms with Crippen LogP contribution in [0.4, 0.5) is 0 Å². The number of aliphatic hydroxyl groups is 1. The molecule has 1 aromatic rings. The third kappa shape index (κ3) is 2.09. The van der Waals surface area contributed by atoms with Crippen molar-refractivity contribution in [3.8, 4) is 0 Å². The smallest absolute Gasteiger partial charge is 0.203 e. The average Bonchev–Trinajstić information content (AvgIpc) is 2.75. The SMILES string of the molecule is Cn1nnc(C(O)CC2CCCC2)n1. The molecule has 1 atom stereocenters. The number of aromatic nitrogens is 4. The van der Waals surface area contributed by atoms with Gasteiger partial charge in [-0.1, -0.05) is 25.7 Å². The Hall–Kier alpha value is -0.970. The maximum Gasteiger partial charge on any atom is 0.203 e. The normalized spacial score (nSPS) is 20.1. The van der Waals surface area contributed by atoms with Gasteiger partial charge in [0.05, 0.1) is 7.05 Å². The van der Waals surface area contributed by atoms with E-state index in [1.807, 2.05) is 0 Å². The zero-order valence-corrected chi connectivity index (χ0v) is 8.43. The lowest BCUT2D eigenvalue weighted by Crippen LogP contribution is -2.06. The largest absolute Gasteiger partial charge is 0.385 e. The van der Waals surface area contributed by atoms with E-state index < -0.39 is 6.10 Å². The van der Waals surface area contributed by atoms with Crippen LogP contribution < -0.4 is 0 Å². The minimum absolute atomic E-state index is 0.458. The molecule has 1 aromatic heterocycles. The number of rotatable bonds is 3. The molecule has 1 unspecified atom stereocenters. The van der Waals surface area contributed by atoms with Crippen molar-refractivity contribution in [2.24, 2.45) is 13.0 Å². The molecule has 2 rings (SSSR count). The summed E-state index contributed by atoms with van der Waals surface area (Å²) in [5.41, 5.74) is 0. The molecule has 5 heteroatoms. The fourth-order valence-electron chi connectivity index (χ4n) is 2.10. The van der Waals surface area contributed by atoms with Crippen molar-refractivity contribution in [1.82, 2.24) is 20.2 Å². The summed E-state index contributed by atoms with van der Waals surface area (Å²) in [6, 6.07) is 0. The van der Waals surface area contributed by atoms with Gasteiger partial charge in [0.2, 0.25) is 5.82 Å². The Balaban J connectivity index is 1.91. The van der Waals surface area contributed by atoms with Crippen LogP contribution in [0.25, 0.3) is 0 Å². The lowest BCUT2D eigenvalue weighted by Gasteiger charge is -2.11. The molecular formula is C9H16N4O. The molecular weight excluding hydrogens is 180 g/mol. The van der Waals surface area contributed by atoms with Crippen LogP contribution in [0.1, 0.15) is 44.0 Å². The lowest BCUT2D eigenvalue weighted by atomic mass is 10.00. The van der Waals surface area contributed by atoms with Gasteiger partial charge >= 0.3 is 0 Å². The monoisotopic (exact) mass is 196 g/mol. The van der Waals surface area contributed by atoms with Gasteiger partial charge in [0, 0.05) is 0 Å². The van der Waals surface area contributed by atoms with Crippen molar-refractivity contribution in [2.45, 2.75) is 38.2 Å². The van der Waals surface area contributed by atoms with Crippen LogP contribution in [0.3, 0.4) is 0 Å². The summed E-state index contributed by atoms with van der Waals surface area (Å²) in [4.78, 5) is 1.38. The van der Waals surface area contributed by atoms with Gasteiger partial charge in [-0.3, -0.25) is 0 Å². The van der Waals surface area contributed by atoms with Crippen molar-refractivity contribution < 1.29 is 5.11 Å². The standard InChI is InChI=1S/C9H16N4O/c1-13-11-9(10-12-13)8(14)6-7-4-2-3-5-7/h7-8,14H,2-6H2,1H3. The summed E-state index contributed by atoms with van der Waals surface area (Å²) < 4.78 is 0.